The number of amides is 2. The minimum atomic E-state index is -0.254. The summed E-state index contributed by atoms with van der Waals surface area (Å²) in [6.07, 6.45) is 8.15. The monoisotopic (exact) mass is 538 g/mol. The van der Waals surface area contributed by atoms with Crippen molar-refractivity contribution in [2.45, 2.75) is 43.7 Å². The number of halogens is 2. The van der Waals surface area contributed by atoms with Gasteiger partial charge in [-0.25, -0.2) is 13.9 Å². The molecule has 1 spiro atoms. The zero-order valence-electron chi connectivity index (χ0n) is 21.3. The van der Waals surface area contributed by atoms with Gasteiger partial charge in [0, 0.05) is 17.0 Å². The molecule has 39 heavy (non-hydrogen) atoms. The second-order valence-electron chi connectivity index (χ2n) is 10.8. The maximum Gasteiger partial charge on any atom is 0.315 e. The largest absolute Gasteiger partial charge is 0.334 e. The van der Waals surface area contributed by atoms with Gasteiger partial charge in [0.1, 0.15) is 5.82 Å². The lowest BCUT2D eigenvalue weighted by molar-refractivity contribution is 0.223. The number of carbonyl (C=O) groups is 1. The van der Waals surface area contributed by atoms with Gasteiger partial charge in [-0.05, 0) is 96.3 Å². The molecule has 3 aliphatic rings. The lowest BCUT2D eigenvalue weighted by atomic mass is 9.58. The van der Waals surface area contributed by atoms with Crippen LogP contribution in [0.3, 0.4) is 0 Å². The van der Waals surface area contributed by atoms with E-state index in [1.807, 2.05) is 35.1 Å². The van der Waals surface area contributed by atoms with E-state index in [9.17, 15) is 9.18 Å². The van der Waals surface area contributed by atoms with Crippen LogP contribution in [0, 0.1) is 11.7 Å². The number of urea groups is 1. The fourth-order valence-corrected chi connectivity index (χ4v) is 7.27. The van der Waals surface area contributed by atoms with Crippen LogP contribution in [-0.4, -0.2) is 15.8 Å². The van der Waals surface area contributed by atoms with Crippen molar-refractivity contribution in [3.63, 3.8) is 0 Å². The van der Waals surface area contributed by atoms with Gasteiger partial charge in [-0.3, -0.25) is 0 Å². The zero-order valence-corrected chi connectivity index (χ0v) is 22.1. The number of rotatable bonds is 4. The molecule has 0 aliphatic heterocycles. The summed E-state index contributed by atoms with van der Waals surface area (Å²) in [5, 5.41) is 11.6. The van der Waals surface area contributed by atoms with Crippen molar-refractivity contribution >= 4 is 23.7 Å². The van der Waals surface area contributed by atoms with Crippen LogP contribution in [0.25, 0.3) is 11.8 Å². The van der Waals surface area contributed by atoms with Gasteiger partial charge in [0.2, 0.25) is 0 Å². The summed E-state index contributed by atoms with van der Waals surface area (Å²) in [7, 11) is 0. The van der Waals surface area contributed by atoms with E-state index in [1.54, 1.807) is 12.1 Å². The Kier molecular flexibility index (Phi) is 5.81. The van der Waals surface area contributed by atoms with E-state index in [1.165, 1.54) is 34.4 Å². The van der Waals surface area contributed by atoms with E-state index in [4.69, 9.17) is 16.7 Å². The highest BCUT2D eigenvalue weighted by atomic mass is 35.5. The number of nitrogens with zero attached hydrogens (tertiary/aromatic N) is 2. The highest BCUT2D eigenvalue weighted by Gasteiger charge is 2.54. The summed E-state index contributed by atoms with van der Waals surface area (Å²) in [4.78, 5) is 13.0. The Labute approximate surface area is 231 Å². The van der Waals surface area contributed by atoms with Crippen molar-refractivity contribution in [2.24, 2.45) is 5.92 Å². The van der Waals surface area contributed by atoms with E-state index in [0.717, 1.165) is 42.6 Å². The average molecular weight is 539 g/mol. The molecule has 3 aliphatic carbocycles. The van der Waals surface area contributed by atoms with Gasteiger partial charge in [-0.2, -0.15) is 5.10 Å². The molecule has 1 unspecified atom stereocenters. The average Bonchev–Trinajstić information content (AvgIpc) is 3.52. The van der Waals surface area contributed by atoms with Crippen molar-refractivity contribution < 1.29 is 9.18 Å². The van der Waals surface area contributed by atoms with Crippen LogP contribution in [-0.2, 0) is 18.4 Å². The van der Waals surface area contributed by atoms with Crippen molar-refractivity contribution in [1.29, 1.82) is 0 Å². The second-order valence-corrected chi connectivity index (χ2v) is 11.3. The highest BCUT2D eigenvalue weighted by molar-refractivity contribution is 6.30. The van der Waals surface area contributed by atoms with Gasteiger partial charge in [-0.1, -0.05) is 53.6 Å². The van der Waals surface area contributed by atoms with Crippen molar-refractivity contribution in [1.82, 2.24) is 20.4 Å². The van der Waals surface area contributed by atoms with Crippen LogP contribution in [0.5, 0.6) is 0 Å². The Morgan fingerprint density at radius 3 is 2.79 bits per heavy atom. The molecule has 3 atom stereocenters. The van der Waals surface area contributed by atoms with E-state index in [-0.39, 0.29) is 23.3 Å². The molecule has 7 heteroatoms. The molecule has 0 saturated heterocycles. The summed E-state index contributed by atoms with van der Waals surface area (Å²) in [5.41, 5.74) is 7.95. The number of aromatic nitrogens is 2. The SMILES string of the molecule is O=C(NCc1cccc(Cl)c1)NC1C[C@H]2CCC3=Cc4c(cnn4-c4ccc(F)cc4)C[C@]32c2ccccc21. The lowest BCUT2D eigenvalue weighted by Crippen LogP contribution is -2.46. The maximum absolute atomic E-state index is 13.5. The maximum atomic E-state index is 13.5. The third-order valence-corrected chi connectivity index (χ3v) is 8.99. The minimum Gasteiger partial charge on any atom is -0.334 e. The van der Waals surface area contributed by atoms with Crippen molar-refractivity contribution in [3.05, 3.63) is 123 Å². The summed E-state index contributed by atoms with van der Waals surface area (Å²) >= 11 is 6.10. The predicted molar refractivity (Wildman–Crippen MR) is 150 cm³/mol. The smallest absolute Gasteiger partial charge is 0.315 e. The van der Waals surface area contributed by atoms with E-state index < -0.39 is 0 Å². The molecule has 3 aromatic carbocycles. The molecule has 5 nitrogen and oxygen atoms in total. The summed E-state index contributed by atoms with van der Waals surface area (Å²) in [5.74, 6) is 0.162. The highest BCUT2D eigenvalue weighted by Crippen LogP contribution is 2.60. The molecular weight excluding hydrogens is 511 g/mol. The van der Waals surface area contributed by atoms with E-state index in [0.29, 0.717) is 17.5 Å². The van der Waals surface area contributed by atoms with E-state index >= 15 is 0 Å². The van der Waals surface area contributed by atoms with Gasteiger partial charge >= 0.3 is 6.03 Å². The van der Waals surface area contributed by atoms with Crippen LogP contribution >= 0.6 is 11.6 Å². The molecule has 0 bridgehead atoms. The van der Waals surface area contributed by atoms with Crippen molar-refractivity contribution in [2.75, 3.05) is 0 Å². The fourth-order valence-electron chi connectivity index (χ4n) is 7.06. The second kappa shape index (κ2) is 9.38. The normalized spacial score (nSPS) is 22.7. The molecule has 1 heterocycles. The van der Waals surface area contributed by atoms with Gasteiger partial charge < -0.3 is 10.6 Å². The van der Waals surface area contributed by atoms with Crippen molar-refractivity contribution in [3.8, 4) is 5.69 Å². The first kappa shape index (κ1) is 24.2. The molecule has 0 radical (unpaired) electrons. The number of hydrogen-bond donors (Lipinski definition) is 2. The number of benzene rings is 3. The van der Waals surface area contributed by atoms with E-state index in [2.05, 4.69) is 41.0 Å². The standard InChI is InChI=1S/C32H28ClFN4O/c33-24-5-3-4-20(14-24)18-35-31(39)37-29-15-22-8-9-23-16-30-21(17-32(22,23)28-7-2-1-6-27(28)29)19-36-38(30)26-12-10-25(34)11-13-26/h1-7,10-14,16,19,22,29H,8-9,15,17-18H2,(H2,35,37,39)/t22-,29?,32-/m1/s1. The van der Waals surface area contributed by atoms with Crippen LogP contribution in [0.15, 0.2) is 84.6 Å². The number of nitrogens with one attached hydrogen (secondary N) is 2. The molecule has 196 valence electrons. The van der Waals surface area contributed by atoms with Crippen LogP contribution in [0.1, 0.15) is 53.3 Å². The van der Waals surface area contributed by atoms with Gasteiger partial charge in [0.15, 0.2) is 0 Å². The molecule has 1 saturated carbocycles. The first-order chi connectivity index (χ1) is 19.0. The molecular formula is C32H28ClFN4O. The molecule has 2 amide bonds. The Balaban J connectivity index is 1.18. The summed E-state index contributed by atoms with van der Waals surface area (Å²) in [6.45, 7) is 0.418. The Hall–Kier alpha value is -3.90. The molecule has 7 rings (SSSR count). The molecule has 1 aromatic heterocycles. The Bertz CT molecular complexity index is 1610. The third-order valence-electron chi connectivity index (χ3n) is 8.75. The first-order valence-corrected chi connectivity index (χ1v) is 13.8. The molecule has 4 aromatic rings. The van der Waals surface area contributed by atoms with Gasteiger partial charge in [0.05, 0.1) is 23.6 Å². The Morgan fingerprint density at radius 2 is 1.95 bits per heavy atom. The molecule has 2 N–H and O–H groups in total. The topological polar surface area (TPSA) is 59.0 Å². The number of hydrogen-bond acceptors (Lipinski definition) is 2. The van der Waals surface area contributed by atoms with Crippen LogP contribution < -0.4 is 10.6 Å². The van der Waals surface area contributed by atoms with Crippen LogP contribution in [0.2, 0.25) is 5.02 Å². The minimum absolute atomic E-state index is 0.0566. The molecule has 1 fully saturated rings. The van der Waals surface area contributed by atoms with Crippen LogP contribution in [0.4, 0.5) is 9.18 Å². The number of allylic oxidation sites excluding steroid dienone is 1. The number of fused-ring (bicyclic) bond motifs is 2. The zero-order chi connectivity index (χ0) is 26.6. The van der Waals surface area contributed by atoms with Gasteiger partial charge in [0.25, 0.3) is 0 Å². The first-order valence-electron chi connectivity index (χ1n) is 13.4. The third kappa shape index (κ3) is 4.05. The predicted octanol–water partition coefficient (Wildman–Crippen LogP) is 6.90. The Morgan fingerprint density at radius 1 is 1.10 bits per heavy atom. The lowest BCUT2D eigenvalue weighted by Gasteiger charge is -2.47. The van der Waals surface area contributed by atoms with Gasteiger partial charge in [-0.15, -0.1) is 0 Å². The summed E-state index contributed by atoms with van der Waals surface area (Å²) < 4.78 is 15.5. The summed E-state index contributed by atoms with van der Waals surface area (Å²) in [6, 6.07) is 22.4. The quantitative estimate of drug-likeness (QED) is 0.297. The fraction of sp³-hybridized carbons (Fsp3) is 0.250. The number of carbonyl (C=O) groups excluding carboxylic acids is 1.